The van der Waals surface area contributed by atoms with Gasteiger partial charge in [0.05, 0.1) is 6.04 Å². The lowest BCUT2D eigenvalue weighted by molar-refractivity contribution is -0.124. The van der Waals surface area contributed by atoms with Crippen molar-refractivity contribution in [2.24, 2.45) is 5.92 Å². The number of hydrogen-bond donors (Lipinski definition) is 1. The third kappa shape index (κ3) is 3.44. The number of rotatable bonds is 4. The van der Waals surface area contributed by atoms with Gasteiger partial charge < -0.3 is 5.32 Å². The molecule has 2 aromatic rings. The highest BCUT2D eigenvalue weighted by Crippen LogP contribution is 2.22. The van der Waals surface area contributed by atoms with Crippen molar-refractivity contribution in [1.82, 2.24) is 5.32 Å². The number of carbonyl (C=O) groups is 1. The van der Waals surface area contributed by atoms with Crippen LogP contribution in [-0.2, 0) is 4.79 Å². The van der Waals surface area contributed by atoms with Gasteiger partial charge in [-0.1, -0.05) is 74.5 Å². The smallest absolute Gasteiger partial charge is 0.223 e. The minimum atomic E-state index is -0.0858. The summed E-state index contributed by atoms with van der Waals surface area (Å²) in [6, 6.07) is 20.0. The van der Waals surface area contributed by atoms with E-state index < -0.39 is 0 Å². The van der Waals surface area contributed by atoms with Crippen LogP contribution in [0.25, 0.3) is 0 Å². The van der Waals surface area contributed by atoms with Gasteiger partial charge >= 0.3 is 0 Å². The molecule has 0 aliphatic heterocycles. The minimum absolute atomic E-state index is 0.0186. The fourth-order valence-electron chi connectivity index (χ4n) is 1.96. The topological polar surface area (TPSA) is 29.1 Å². The molecule has 2 heteroatoms. The van der Waals surface area contributed by atoms with E-state index in [0.717, 1.165) is 11.1 Å². The van der Waals surface area contributed by atoms with E-state index in [1.165, 1.54) is 0 Å². The molecule has 0 radical (unpaired) electrons. The van der Waals surface area contributed by atoms with Crippen molar-refractivity contribution < 1.29 is 4.79 Å². The minimum Gasteiger partial charge on any atom is -0.345 e. The van der Waals surface area contributed by atoms with Crippen LogP contribution in [-0.4, -0.2) is 5.91 Å². The fourth-order valence-corrected chi connectivity index (χ4v) is 1.96. The normalized spacial score (nSPS) is 10.7. The summed E-state index contributed by atoms with van der Waals surface area (Å²) in [6.07, 6.45) is 0. The van der Waals surface area contributed by atoms with Gasteiger partial charge in [-0.05, 0) is 11.1 Å². The molecule has 0 aromatic heterocycles. The van der Waals surface area contributed by atoms with E-state index in [4.69, 9.17) is 0 Å². The Labute approximate surface area is 114 Å². The molecule has 98 valence electrons. The van der Waals surface area contributed by atoms with Crippen LogP contribution in [0.3, 0.4) is 0 Å². The molecule has 0 saturated carbocycles. The average Bonchev–Trinajstić information content (AvgIpc) is 2.46. The van der Waals surface area contributed by atoms with Gasteiger partial charge in [0.2, 0.25) is 5.91 Å². The zero-order chi connectivity index (χ0) is 13.7. The van der Waals surface area contributed by atoms with Gasteiger partial charge in [0, 0.05) is 5.92 Å². The van der Waals surface area contributed by atoms with E-state index in [1.54, 1.807) is 0 Å². The highest BCUT2D eigenvalue weighted by atomic mass is 16.1. The lowest BCUT2D eigenvalue weighted by atomic mass is 9.98. The first-order chi connectivity index (χ1) is 9.18. The van der Waals surface area contributed by atoms with Crippen molar-refractivity contribution in [3.63, 3.8) is 0 Å². The Kier molecular flexibility index (Phi) is 4.35. The maximum atomic E-state index is 12.0. The molecule has 0 bridgehead atoms. The number of nitrogens with one attached hydrogen (secondary N) is 1. The second-order valence-electron chi connectivity index (χ2n) is 4.92. The predicted molar refractivity (Wildman–Crippen MR) is 77.7 cm³/mol. The first kappa shape index (κ1) is 13.3. The number of carbonyl (C=O) groups excluding carboxylic acids is 1. The van der Waals surface area contributed by atoms with Crippen molar-refractivity contribution in [2.45, 2.75) is 19.9 Å². The van der Waals surface area contributed by atoms with Crippen LogP contribution in [0, 0.1) is 5.92 Å². The lowest BCUT2D eigenvalue weighted by Gasteiger charge is -2.21. The van der Waals surface area contributed by atoms with Gasteiger partial charge in [0.15, 0.2) is 0 Å². The standard InChI is InChI=1S/C17H19NO/c1-13(2)17(19)18-16(14-9-5-3-6-10-14)15-11-7-4-8-12-15/h3-13,16H,1-2H3,(H,18,19). The van der Waals surface area contributed by atoms with Crippen molar-refractivity contribution in [3.8, 4) is 0 Å². The Morgan fingerprint density at radius 3 is 1.63 bits per heavy atom. The maximum Gasteiger partial charge on any atom is 0.223 e. The highest BCUT2D eigenvalue weighted by Gasteiger charge is 2.17. The Morgan fingerprint density at radius 2 is 1.26 bits per heavy atom. The second kappa shape index (κ2) is 6.19. The monoisotopic (exact) mass is 253 g/mol. The number of amides is 1. The molecule has 0 unspecified atom stereocenters. The molecule has 2 rings (SSSR count). The molecule has 1 N–H and O–H groups in total. The van der Waals surface area contributed by atoms with Crippen LogP contribution < -0.4 is 5.32 Å². The molecule has 0 saturated heterocycles. The number of hydrogen-bond acceptors (Lipinski definition) is 1. The summed E-state index contributed by atoms with van der Waals surface area (Å²) in [4.78, 5) is 12.0. The third-order valence-corrected chi connectivity index (χ3v) is 3.08. The van der Waals surface area contributed by atoms with E-state index in [2.05, 4.69) is 5.32 Å². The zero-order valence-electron chi connectivity index (χ0n) is 11.3. The van der Waals surface area contributed by atoms with Gasteiger partial charge in [0.25, 0.3) is 0 Å². The summed E-state index contributed by atoms with van der Waals surface area (Å²) in [6.45, 7) is 3.81. The van der Waals surface area contributed by atoms with Gasteiger partial charge in [0.1, 0.15) is 0 Å². The third-order valence-electron chi connectivity index (χ3n) is 3.08. The summed E-state index contributed by atoms with van der Waals surface area (Å²) in [7, 11) is 0. The molecule has 0 atom stereocenters. The number of benzene rings is 2. The Morgan fingerprint density at radius 1 is 0.842 bits per heavy atom. The van der Waals surface area contributed by atoms with Gasteiger partial charge in [-0.25, -0.2) is 0 Å². The lowest BCUT2D eigenvalue weighted by Crippen LogP contribution is -2.32. The zero-order valence-corrected chi connectivity index (χ0v) is 11.3. The van der Waals surface area contributed by atoms with E-state index in [0.29, 0.717) is 0 Å². The van der Waals surface area contributed by atoms with Crippen molar-refractivity contribution in [3.05, 3.63) is 71.8 Å². The fraction of sp³-hybridized carbons (Fsp3) is 0.235. The molecule has 1 amide bonds. The van der Waals surface area contributed by atoms with Crippen LogP contribution in [0.2, 0.25) is 0 Å². The Balaban J connectivity index is 2.32. The largest absolute Gasteiger partial charge is 0.345 e. The molecule has 0 aliphatic rings. The van der Waals surface area contributed by atoms with Gasteiger partial charge in [-0.2, -0.15) is 0 Å². The van der Waals surface area contributed by atoms with E-state index in [9.17, 15) is 4.79 Å². The summed E-state index contributed by atoms with van der Waals surface area (Å²) >= 11 is 0. The molecule has 0 heterocycles. The van der Waals surface area contributed by atoms with Crippen LogP contribution in [0.1, 0.15) is 31.0 Å². The Bertz CT molecular complexity index is 480. The Hall–Kier alpha value is -2.09. The summed E-state index contributed by atoms with van der Waals surface area (Å²) in [5, 5.41) is 3.11. The second-order valence-corrected chi connectivity index (χ2v) is 4.92. The molecular formula is C17H19NO. The summed E-state index contributed by atoms with van der Waals surface area (Å²) < 4.78 is 0. The van der Waals surface area contributed by atoms with Crippen LogP contribution >= 0.6 is 0 Å². The molecule has 0 spiro atoms. The summed E-state index contributed by atoms with van der Waals surface area (Å²) in [5.41, 5.74) is 2.20. The molecule has 2 nitrogen and oxygen atoms in total. The van der Waals surface area contributed by atoms with Crippen LogP contribution in [0.5, 0.6) is 0 Å². The molecule has 2 aromatic carbocycles. The predicted octanol–water partition coefficient (Wildman–Crippen LogP) is 3.55. The highest BCUT2D eigenvalue weighted by molar-refractivity contribution is 5.78. The van der Waals surface area contributed by atoms with Gasteiger partial charge in [-0.3, -0.25) is 4.79 Å². The molecule has 0 aliphatic carbocycles. The molecule has 19 heavy (non-hydrogen) atoms. The SMILES string of the molecule is CC(C)C(=O)NC(c1ccccc1)c1ccccc1. The summed E-state index contributed by atoms with van der Waals surface area (Å²) in [5.74, 6) is 0.0487. The quantitative estimate of drug-likeness (QED) is 0.887. The van der Waals surface area contributed by atoms with Crippen molar-refractivity contribution in [1.29, 1.82) is 0 Å². The maximum absolute atomic E-state index is 12.0. The van der Waals surface area contributed by atoms with Gasteiger partial charge in [-0.15, -0.1) is 0 Å². The molecular weight excluding hydrogens is 234 g/mol. The first-order valence-corrected chi connectivity index (χ1v) is 6.58. The van der Waals surface area contributed by atoms with Crippen LogP contribution in [0.4, 0.5) is 0 Å². The first-order valence-electron chi connectivity index (χ1n) is 6.58. The van der Waals surface area contributed by atoms with Crippen molar-refractivity contribution >= 4 is 5.91 Å². The van der Waals surface area contributed by atoms with Crippen molar-refractivity contribution in [2.75, 3.05) is 0 Å². The van der Waals surface area contributed by atoms with E-state index >= 15 is 0 Å². The average molecular weight is 253 g/mol. The van der Waals surface area contributed by atoms with E-state index in [-0.39, 0.29) is 17.9 Å². The van der Waals surface area contributed by atoms with E-state index in [1.807, 2.05) is 74.5 Å². The molecule has 0 fully saturated rings. The van der Waals surface area contributed by atoms with Crippen LogP contribution in [0.15, 0.2) is 60.7 Å².